The number of hydrogen-bond acceptors (Lipinski definition) is 3. The number of thiocarbonyl (C=S) groups is 1. The SMILES string of the molecule is S=C1CN(c2ccccc2)N=N1. The summed E-state index contributed by atoms with van der Waals surface area (Å²) in [6.07, 6.45) is 0. The van der Waals surface area contributed by atoms with Crippen molar-refractivity contribution in [3.05, 3.63) is 30.3 Å². The number of nitrogens with zero attached hydrogens (tertiary/aromatic N) is 3. The van der Waals surface area contributed by atoms with Crippen molar-refractivity contribution in [3.63, 3.8) is 0 Å². The molecule has 0 radical (unpaired) electrons. The minimum absolute atomic E-state index is 0.624. The van der Waals surface area contributed by atoms with E-state index in [0.717, 1.165) is 5.69 Å². The number of benzene rings is 1. The van der Waals surface area contributed by atoms with Crippen LogP contribution in [-0.2, 0) is 0 Å². The highest BCUT2D eigenvalue weighted by Crippen LogP contribution is 2.17. The second kappa shape index (κ2) is 2.98. The lowest BCUT2D eigenvalue weighted by atomic mass is 10.3. The highest BCUT2D eigenvalue weighted by Gasteiger charge is 2.12. The van der Waals surface area contributed by atoms with Crippen molar-refractivity contribution in [2.45, 2.75) is 0 Å². The Morgan fingerprint density at radius 3 is 2.58 bits per heavy atom. The van der Waals surface area contributed by atoms with Gasteiger partial charge in [-0.1, -0.05) is 35.6 Å². The first kappa shape index (κ1) is 7.36. The number of anilines is 1. The van der Waals surface area contributed by atoms with E-state index in [-0.39, 0.29) is 0 Å². The molecule has 0 unspecified atom stereocenters. The molecular weight excluding hydrogens is 170 g/mol. The standard InChI is InChI=1S/C8H7N3S/c12-8-6-11(10-9-8)7-4-2-1-3-5-7/h1-5H,6H2. The van der Waals surface area contributed by atoms with Gasteiger partial charge in [-0.15, -0.1) is 5.11 Å². The van der Waals surface area contributed by atoms with Gasteiger partial charge in [0.15, 0.2) is 0 Å². The van der Waals surface area contributed by atoms with Gasteiger partial charge in [0.1, 0.15) is 4.99 Å². The molecule has 0 aliphatic carbocycles. The summed E-state index contributed by atoms with van der Waals surface area (Å²) in [5.74, 6) is 0. The van der Waals surface area contributed by atoms with E-state index >= 15 is 0 Å². The Bertz CT molecular complexity index is 320. The second-order valence-electron chi connectivity index (χ2n) is 2.48. The lowest BCUT2D eigenvalue weighted by molar-refractivity contribution is 0.961. The van der Waals surface area contributed by atoms with Crippen molar-refractivity contribution in [2.75, 3.05) is 11.6 Å². The van der Waals surface area contributed by atoms with Crippen molar-refractivity contribution < 1.29 is 0 Å². The molecular formula is C8H7N3S. The van der Waals surface area contributed by atoms with E-state index in [0.29, 0.717) is 11.5 Å². The topological polar surface area (TPSA) is 28.0 Å². The Hall–Kier alpha value is -1.29. The zero-order valence-corrected chi connectivity index (χ0v) is 7.16. The van der Waals surface area contributed by atoms with Crippen molar-refractivity contribution in [1.29, 1.82) is 0 Å². The molecule has 0 N–H and O–H groups in total. The normalized spacial score (nSPS) is 15.7. The fourth-order valence-corrected chi connectivity index (χ4v) is 1.20. The molecule has 0 spiro atoms. The molecule has 12 heavy (non-hydrogen) atoms. The lowest BCUT2D eigenvalue weighted by Crippen LogP contribution is -2.15. The highest BCUT2D eigenvalue weighted by molar-refractivity contribution is 7.80. The average Bonchev–Trinajstić information content (AvgIpc) is 2.54. The summed E-state index contributed by atoms with van der Waals surface area (Å²) in [5.41, 5.74) is 1.03. The average molecular weight is 177 g/mol. The maximum Gasteiger partial charge on any atom is 0.149 e. The molecule has 4 heteroatoms. The number of rotatable bonds is 1. The molecule has 2 rings (SSSR count). The van der Waals surface area contributed by atoms with Gasteiger partial charge in [0.05, 0.1) is 12.2 Å². The first-order valence-corrected chi connectivity index (χ1v) is 4.04. The van der Waals surface area contributed by atoms with E-state index in [9.17, 15) is 0 Å². The molecule has 60 valence electrons. The molecule has 0 bridgehead atoms. The van der Waals surface area contributed by atoms with Crippen molar-refractivity contribution in [2.24, 2.45) is 10.3 Å². The number of hydrogen-bond donors (Lipinski definition) is 0. The largest absolute Gasteiger partial charge is 0.240 e. The van der Waals surface area contributed by atoms with Gasteiger partial charge < -0.3 is 0 Å². The molecule has 0 fully saturated rings. The molecule has 0 aromatic heterocycles. The summed E-state index contributed by atoms with van der Waals surface area (Å²) >= 11 is 4.89. The van der Waals surface area contributed by atoms with Crippen LogP contribution in [0.1, 0.15) is 0 Å². The minimum Gasteiger partial charge on any atom is -0.240 e. The Morgan fingerprint density at radius 1 is 1.25 bits per heavy atom. The molecule has 0 amide bonds. The predicted octanol–water partition coefficient (Wildman–Crippen LogP) is 2.20. The summed E-state index contributed by atoms with van der Waals surface area (Å²) in [6.45, 7) is 0.624. The summed E-state index contributed by atoms with van der Waals surface area (Å²) in [7, 11) is 0. The summed E-state index contributed by atoms with van der Waals surface area (Å²) < 4.78 is 0. The van der Waals surface area contributed by atoms with Crippen molar-refractivity contribution in [3.8, 4) is 0 Å². The molecule has 1 aliphatic heterocycles. The summed E-state index contributed by atoms with van der Waals surface area (Å²) in [5, 5.41) is 9.46. The Balaban J connectivity index is 2.23. The van der Waals surface area contributed by atoms with Gasteiger partial charge in [0.25, 0.3) is 0 Å². The second-order valence-corrected chi connectivity index (χ2v) is 2.95. The van der Waals surface area contributed by atoms with Gasteiger partial charge >= 0.3 is 0 Å². The lowest BCUT2D eigenvalue weighted by Gasteiger charge is -2.09. The van der Waals surface area contributed by atoms with Crippen LogP contribution < -0.4 is 5.01 Å². The fraction of sp³-hybridized carbons (Fsp3) is 0.125. The van der Waals surface area contributed by atoms with E-state index in [1.807, 2.05) is 30.3 Å². The third kappa shape index (κ3) is 1.33. The van der Waals surface area contributed by atoms with Crippen LogP contribution >= 0.6 is 12.2 Å². The van der Waals surface area contributed by atoms with Crippen LogP contribution in [0, 0.1) is 0 Å². The van der Waals surface area contributed by atoms with E-state index in [1.165, 1.54) is 0 Å². The molecule has 0 atom stereocenters. The van der Waals surface area contributed by atoms with Crippen molar-refractivity contribution in [1.82, 2.24) is 0 Å². The van der Waals surface area contributed by atoms with Crippen LogP contribution in [0.4, 0.5) is 5.69 Å². The third-order valence-corrected chi connectivity index (χ3v) is 1.81. The van der Waals surface area contributed by atoms with Crippen LogP contribution in [0.5, 0.6) is 0 Å². The maximum absolute atomic E-state index is 4.89. The van der Waals surface area contributed by atoms with Gasteiger partial charge in [-0.3, -0.25) is 0 Å². The molecule has 1 aromatic rings. The van der Waals surface area contributed by atoms with Crippen LogP contribution in [0.2, 0.25) is 0 Å². The molecule has 1 aromatic carbocycles. The fourth-order valence-electron chi connectivity index (χ4n) is 1.04. The van der Waals surface area contributed by atoms with Crippen LogP contribution in [0.15, 0.2) is 40.7 Å². The summed E-state index contributed by atoms with van der Waals surface area (Å²) in [4.78, 5) is 0.638. The van der Waals surface area contributed by atoms with E-state index in [1.54, 1.807) is 5.01 Å². The van der Waals surface area contributed by atoms with Gasteiger partial charge in [-0.2, -0.15) is 0 Å². The third-order valence-electron chi connectivity index (χ3n) is 1.60. The van der Waals surface area contributed by atoms with Crippen LogP contribution in [0.25, 0.3) is 0 Å². The van der Waals surface area contributed by atoms with Crippen molar-refractivity contribution >= 4 is 22.9 Å². The maximum atomic E-state index is 4.89. The molecule has 3 nitrogen and oxygen atoms in total. The molecule has 1 aliphatic rings. The van der Waals surface area contributed by atoms with Gasteiger partial charge in [0.2, 0.25) is 0 Å². The first-order chi connectivity index (χ1) is 5.86. The first-order valence-electron chi connectivity index (χ1n) is 3.63. The van der Waals surface area contributed by atoms with Gasteiger partial charge in [0, 0.05) is 0 Å². The van der Waals surface area contributed by atoms with Gasteiger partial charge in [-0.05, 0) is 12.1 Å². The zero-order chi connectivity index (χ0) is 8.39. The zero-order valence-electron chi connectivity index (χ0n) is 6.34. The molecule has 0 saturated carbocycles. The minimum atomic E-state index is 0.624. The quantitative estimate of drug-likeness (QED) is 0.615. The van der Waals surface area contributed by atoms with Gasteiger partial charge in [-0.25, -0.2) is 5.01 Å². The van der Waals surface area contributed by atoms with Crippen LogP contribution in [0.3, 0.4) is 0 Å². The van der Waals surface area contributed by atoms with E-state index in [4.69, 9.17) is 12.2 Å². The predicted molar refractivity (Wildman–Crippen MR) is 51.2 cm³/mol. The highest BCUT2D eigenvalue weighted by atomic mass is 32.1. The van der Waals surface area contributed by atoms with E-state index < -0.39 is 0 Å². The van der Waals surface area contributed by atoms with Crippen LogP contribution in [-0.4, -0.2) is 11.5 Å². The Labute approximate surface area is 75.7 Å². The summed E-state index contributed by atoms with van der Waals surface area (Å²) in [6, 6.07) is 9.85. The molecule has 1 heterocycles. The Morgan fingerprint density at radius 2 is 2.00 bits per heavy atom. The smallest absolute Gasteiger partial charge is 0.149 e. The monoisotopic (exact) mass is 177 g/mol. The van der Waals surface area contributed by atoms with E-state index in [2.05, 4.69) is 10.3 Å². The Kier molecular flexibility index (Phi) is 1.83. The molecule has 0 saturated heterocycles. The number of para-hydroxylation sites is 1.